The van der Waals surface area contributed by atoms with Gasteiger partial charge in [0.2, 0.25) is 0 Å². The van der Waals surface area contributed by atoms with Gasteiger partial charge in [-0.3, -0.25) is 4.79 Å². The van der Waals surface area contributed by atoms with Crippen molar-refractivity contribution in [2.75, 3.05) is 5.32 Å². The molecule has 0 aliphatic heterocycles. The molecule has 0 atom stereocenters. The van der Waals surface area contributed by atoms with Crippen molar-refractivity contribution in [1.29, 1.82) is 0 Å². The molecule has 0 spiro atoms. The Kier molecular flexibility index (Phi) is 4.10. The molecule has 0 bridgehead atoms. The molecule has 0 fully saturated rings. The Labute approximate surface area is 122 Å². The van der Waals surface area contributed by atoms with Gasteiger partial charge in [-0.25, -0.2) is 9.78 Å². The number of hydrogen-bond acceptors (Lipinski definition) is 3. The van der Waals surface area contributed by atoms with Gasteiger partial charge in [-0.2, -0.15) is 0 Å². The van der Waals surface area contributed by atoms with E-state index >= 15 is 0 Å². The predicted molar refractivity (Wildman–Crippen MR) is 78.3 cm³/mol. The summed E-state index contributed by atoms with van der Waals surface area (Å²) in [6, 6.07) is 9.74. The first-order chi connectivity index (χ1) is 9.06. The van der Waals surface area contributed by atoms with Gasteiger partial charge in [0.1, 0.15) is 5.82 Å². The molecular weight excluding hydrogens is 359 g/mol. The van der Waals surface area contributed by atoms with Crippen molar-refractivity contribution in [3.63, 3.8) is 0 Å². The van der Waals surface area contributed by atoms with Gasteiger partial charge in [-0.05, 0) is 52.9 Å². The summed E-state index contributed by atoms with van der Waals surface area (Å²) >= 11 is 2.11. The number of hydrogen-bond donors (Lipinski definition) is 2. The second kappa shape index (κ2) is 5.79. The topological polar surface area (TPSA) is 79.3 Å². The van der Waals surface area contributed by atoms with E-state index in [-0.39, 0.29) is 17.3 Å². The van der Waals surface area contributed by atoms with Crippen LogP contribution in [0.4, 0.5) is 5.82 Å². The molecular formula is C13H9IN2O3. The lowest BCUT2D eigenvalue weighted by molar-refractivity contribution is 0.0696. The van der Waals surface area contributed by atoms with Crippen molar-refractivity contribution in [3.05, 3.63) is 57.3 Å². The molecule has 96 valence electrons. The number of rotatable bonds is 3. The van der Waals surface area contributed by atoms with Gasteiger partial charge in [0, 0.05) is 15.3 Å². The first kappa shape index (κ1) is 13.5. The van der Waals surface area contributed by atoms with Crippen molar-refractivity contribution in [2.45, 2.75) is 0 Å². The lowest BCUT2D eigenvalue weighted by Crippen LogP contribution is -2.13. The molecule has 1 amide bonds. The van der Waals surface area contributed by atoms with Crippen molar-refractivity contribution >= 4 is 40.3 Å². The van der Waals surface area contributed by atoms with Gasteiger partial charge >= 0.3 is 5.97 Å². The molecule has 5 nitrogen and oxygen atoms in total. The third-order valence-corrected chi connectivity index (χ3v) is 3.01. The maximum Gasteiger partial charge on any atom is 0.335 e. The lowest BCUT2D eigenvalue weighted by atomic mass is 10.2. The normalized spacial score (nSPS) is 9.95. The molecule has 2 aromatic rings. The third-order valence-electron chi connectivity index (χ3n) is 2.34. The molecule has 19 heavy (non-hydrogen) atoms. The molecule has 0 aliphatic rings. The molecule has 1 aromatic heterocycles. The number of halogens is 1. The van der Waals surface area contributed by atoms with E-state index in [0.717, 1.165) is 3.57 Å². The van der Waals surface area contributed by atoms with Gasteiger partial charge < -0.3 is 10.4 Å². The first-order valence-electron chi connectivity index (χ1n) is 5.32. The van der Waals surface area contributed by atoms with E-state index in [1.807, 2.05) is 6.07 Å². The summed E-state index contributed by atoms with van der Waals surface area (Å²) in [6.07, 6.45) is 1.34. The maximum absolute atomic E-state index is 11.9. The minimum atomic E-state index is -1.06. The molecule has 1 aromatic carbocycles. The second-order valence-corrected chi connectivity index (χ2v) is 4.95. The molecule has 0 saturated carbocycles. The fraction of sp³-hybridized carbons (Fsp3) is 0. The zero-order valence-corrected chi connectivity index (χ0v) is 11.8. The Morgan fingerprint density at radius 3 is 2.63 bits per heavy atom. The number of carboxylic acids is 1. The van der Waals surface area contributed by atoms with Crippen LogP contribution in [-0.4, -0.2) is 22.0 Å². The van der Waals surface area contributed by atoms with E-state index in [1.165, 1.54) is 18.3 Å². The smallest absolute Gasteiger partial charge is 0.335 e. The highest BCUT2D eigenvalue weighted by atomic mass is 127. The summed E-state index contributed by atoms with van der Waals surface area (Å²) < 4.78 is 0.942. The highest BCUT2D eigenvalue weighted by molar-refractivity contribution is 14.1. The zero-order valence-electron chi connectivity index (χ0n) is 9.63. The summed E-state index contributed by atoms with van der Waals surface area (Å²) in [5, 5.41) is 11.4. The Balaban J connectivity index is 2.19. The minimum absolute atomic E-state index is 0.0768. The van der Waals surface area contributed by atoms with Crippen molar-refractivity contribution < 1.29 is 14.7 Å². The van der Waals surface area contributed by atoms with Gasteiger partial charge in [0.05, 0.1) is 5.56 Å². The van der Waals surface area contributed by atoms with E-state index in [4.69, 9.17) is 5.11 Å². The zero-order chi connectivity index (χ0) is 13.8. The fourth-order valence-corrected chi connectivity index (χ4v) is 1.99. The number of pyridine rings is 1. The highest BCUT2D eigenvalue weighted by Crippen LogP contribution is 2.11. The Hall–Kier alpha value is -1.96. The van der Waals surface area contributed by atoms with E-state index in [9.17, 15) is 9.59 Å². The Morgan fingerprint density at radius 1 is 1.16 bits per heavy atom. The number of benzene rings is 1. The second-order valence-electron chi connectivity index (χ2n) is 3.70. The molecule has 2 rings (SSSR count). The summed E-state index contributed by atoms with van der Waals surface area (Å²) in [5.74, 6) is -1.18. The van der Waals surface area contributed by atoms with Crippen LogP contribution in [-0.2, 0) is 0 Å². The van der Waals surface area contributed by atoms with Crippen LogP contribution >= 0.6 is 22.6 Å². The Bertz CT molecular complexity index is 643. The lowest BCUT2D eigenvalue weighted by Gasteiger charge is -2.05. The van der Waals surface area contributed by atoms with E-state index in [2.05, 4.69) is 32.9 Å². The molecule has 1 heterocycles. The van der Waals surface area contributed by atoms with Crippen LogP contribution in [0.15, 0.2) is 42.6 Å². The number of aromatic nitrogens is 1. The number of amides is 1. The summed E-state index contributed by atoms with van der Waals surface area (Å²) in [5.41, 5.74) is 0.572. The summed E-state index contributed by atoms with van der Waals surface area (Å²) in [4.78, 5) is 26.7. The quantitative estimate of drug-likeness (QED) is 0.817. The van der Waals surface area contributed by atoms with Gasteiger partial charge in [-0.15, -0.1) is 0 Å². The number of anilines is 1. The molecule has 0 aliphatic carbocycles. The minimum Gasteiger partial charge on any atom is -0.478 e. The van der Waals surface area contributed by atoms with Crippen molar-refractivity contribution in [1.82, 2.24) is 4.98 Å². The number of nitrogens with zero attached hydrogens (tertiary/aromatic N) is 1. The Morgan fingerprint density at radius 2 is 1.95 bits per heavy atom. The first-order valence-corrected chi connectivity index (χ1v) is 6.40. The average Bonchev–Trinajstić information content (AvgIpc) is 2.39. The standard InChI is InChI=1S/C13H9IN2O3/c14-10-3-1-2-8(6-10)12(17)16-11-7-9(13(18)19)4-5-15-11/h1-7H,(H,18,19)(H,15,16,17). The maximum atomic E-state index is 11.9. The van der Waals surface area contributed by atoms with Crippen LogP contribution in [0.2, 0.25) is 0 Å². The van der Waals surface area contributed by atoms with Crippen LogP contribution in [0.1, 0.15) is 20.7 Å². The van der Waals surface area contributed by atoms with E-state index in [0.29, 0.717) is 5.56 Å². The molecule has 0 saturated heterocycles. The molecule has 6 heteroatoms. The van der Waals surface area contributed by atoms with Crippen molar-refractivity contribution in [2.24, 2.45) is 0 Å². The summed E-state index contributed by atoms with van der Waals surface area (Å²) in [6.45, 7) is 0. The number of carboxylic acid groups (broad SMARTS) is 1. The monoisotopic (exact) mass is 368 g/mol. The van der Waals surface area contributed by atoms with Gasteiger partial charge in [0.15, 0.2) is 0 Å². The SMILES string of the molecule is O=C(O)c1ccnc(NC(=O)c2cccc(I)c2)c1. The van der Waals surface area contributed by atoms with Gasteiger partial charge in [0.25, 0.3) is 5.91 Å². The van der Waals surface area contributed by atoms with Crippen LogP contribution in [0.25, 0.3) is 0 Å². The van der Waals surface area contributed by atoms with Gasteiger partial charge in [-0.1, -0.05) is 6.07 Å². The highest BCUT2D eigenvalue weighted by Gasteiger charge is 2.09. The number of carbonyl (C=O) groups excluding carboxylic acids is 1. The van der Waals surface area contributed by atoms with Crippen LogP contribution < -0.4 is 5.32 Å². The molecule has 0 radical (unpaired) electrons. The van der Waals surface area contributed by atoms with Crippen molar-refractivity contribution in [3.8, 4) is 0 Å². The van der Waals surface area contributed by atoms with E-state index < -0.39 is 5.97 Å². The fourth-order valence-electron chi connectivity index (χ4n) is 1.45. The third kappa shape index (κ3) is 3.50. The number of carbonyl (C=O) groups is 2. The van der Waals surface area contributed by atoms with E-state index in [1.54, 1.807) is 18.2 Å². The molecule has 0 unspecified atom stereocenters. The molecule has 2 N–H and O–H groups in total. The predicted octanol–water partition coefficient (Wildman–Crippen LogP) is 2.64. The average molecular weight is 368 g/mol. The van der Waals surface area contributed by atoms with Crippen LogP contribution in [0, 0.1) is 3.57 Å². The summed E-state index contributed by atoms with van der Waals surface area (Å²) in [7, 11) is 0. The van der Waals surface area contributed by atoms with Crippen LogP contribution in [0.3, 0.4) is 0 Å². The van der Waals surface area contributed by atoms with Crippen LogP contribution in [0.5, 0.6) is 0 Å². The number of nitrogens with one attached hydrogen (secondary N) is 1. The number of aromatic carboxylic acids is 1. The largest absolute Gasteiger partial charge is 0.478 e.